The fourth-order valence-corrected chi connectivity index (χ4v) is 5.20. The minimum absolute atomic E-state index is 0. The van der Waals surface area contributed by atoms with Gasteiger partial charge in [-0.15, -0.1) is 17.5 Å². The van der Waals surface area contributed by atoms with Crippen LogP contribution in [0.2, 0.25) is 0 Å². The second-order valence-corrected chi connectivity index (χ2v) is 10.6. The number of carbonyl (C=O) groups is 1. The van der Waals surface area contributed by atoms with E-state index < -0.39 is 0 Å². The zero-order valence-corrected chi connectivity index (χ0v) is 26.8. The van der Waals surface area contributed by atoms with Gasteiger partial charge in [0.2, 0.25) is 0 Å². The SMILES string of the molecule is CC(C)c1cc2c3c(nccc3c1)-c1[c-]c3ccccc3cc1O2.CCC(CC)C(=O)/C=C(\O)C(CC)CC.[Ir]. The number of ether oxygens (including phenoxy) is 1. The van der Waals surface area contributed by atoms with Crippen molar-refractivity contribution in [3.05, 3.63) is 78.2 Å². The minimum Gasteiger partial charge on any atom is -0.512 e. The van der Waals surface area contributed by atoms with Crippen molar-refractivity contribution < 1.29 is 34.7 Å². The molecule has 4 nitrogen and oxygen atoms in total. The van der Waals surface area contributed by atoms with Crippen molar-refractivity contribution in [3.63, 3.8) is 0 Å². The van der Waals surface area contributed by atoms with Crippen LogP contribution in [0.3, 0.4) is 0 Å². The predicted octanol–water partition coefficient (Wildman–Crippen LogP) is 9.95. The Balaban J connectivity index is 0.000000243. The van der Waals surface area contributed by atoms with Gasteiger partial charge in [-0.3, -0.25) is 9.78 Å². The van der Waals surface area contributed by atoms with Crippen LogP contribution < -0.4 is 4.74 Å². The monoisotopic (exact) mass is 715 g/mol. The fraction of sp³-hybridized carbons (Fsp3) is 0.371. The van der Waals surface area contributed by atoms with Crippen LogP contribution in [-0.4, -0.2) is 15.9 Å². The molecule has 0 saturated carbocycles. The van der Waals surface area contributed by atoms with Crippen LogP contribution in [0, 0.1) is 17.9 Å². The number of hydrogen-bond donors (Lipinski definition) is 1. The Kier molecular flexibility index (Phi) is 11.1. The molecular formula is C35H40IrNO3-. The number of fused-ring (bicyclic) bond motifs is 3. The van der Waals surface area contributed by atoms with Gasteiger partial charge in [0.25, 0.3) is 0 Å². The summed E-state index contributed by atoms with van der Waals surface area (Å²) in [4.78, 5) is 16.4. The van der Waals surface area contributed by atoms with Crippen LogP contribution in [0.15, 0.2) is 66.6 Å². The van der Waals surface area contributed by atoms with Crippen LogP contribution in [0.4, 0.5) is 0 Å². The second-order valence-electron chi connectivity index (χ2n) is 10.6. The van der Waals surface area contributed by atoms with E-state index in [1.54, 1.807) is 0 Å². The van der Waals surface area contributed by atoms with Crippen LogP contribution in [-0.2, 0) is 24.9 Å². The van der Waals surface area contributed by atoms with Gasteiger partial charge < -0.3 is 9.84 Å². The maximum Gasteiger partial charge on any atom is 0.162 e. The van der Waals surface area contributed by atoms with E-state index in [4.69, 9.17) is 4.74 Å². The number of carbonyl (C=O) groups excluding carboxylic acids is 1. The van der Waals surface area contributed by atoms with Crippen molar-refractivity contribution in [1.29, 1.82) is 0 Å². The molecule has 1 N–H and O–H groups in total. The molecule has 1 aliphatic rings. The average molecular weight is 715 g/mol. The predicted molar refractivity (Wildman–Crippen MR) is 162 cm³/mol. The maximum absolute atomic E-state index is 11.7. The summed E-state index contributed by atoms with van der Waals surface area (Å²) in [5.41, 5.74) is 3.19. The number of allylic oxidation sites excluding steroid dienone is 2. The number of ketones is 1. The smallest absolute Gasteiger partial charge is 0.162 e. The van der Waals surface area contributed by atoms with E-state index >= 15 is 0 Å². The van der Waals surface area contributed by atoms with Crippen molar-refractivity contribution in [2.45, 2.75) is 73.1 Å². The van der Waals surface area contributed by atoms with Crippen molar-refractivity contribution in [2.75, 3.05) is 0 Å². The summed E-state index contributed by atoms with van der Waals surface area (Å²) >= 11 is 0. The van der Waals surface area contributed by atoms with Crippen molar-refractivity contribution in [3.8, 4) is 22.8 Å². The molecule has 4 aromatic rings. The van der Waals surface area contributed by atoms with Crippen molar-refractivity contribution >= 4 is 27.3 Å². The van der Waals surface area contributed by atoms with Crippen molar-refractivity contribution in [1.82, 2.24) is 4.98 Å². The van der Waals surface area contributed by atoms with E-state index in [0.717, 1.165) is 64.6 Å². The molecule has 0 bridgehead atoms. The van der Waals surface area contributed by atoms with E-state index in [2.05, 4.69) is 61.3 Å². The van der Waals surface area contributed by atoms with Gasteiger partial charge in [-0.2, -0.15) is 0 Å². The molecule has 0 fully saturated rings. The average Bonchev–Trinajstić information content (AvgIpc) is 2.93. The third-order valence-electron chi connectivity index (χ3n) is 7.81. The maximum atomic E-state index is 11.7. The number of rotatable bonds is 8. The van der Waals surface area contributed by atoms with Crippen LogP contribution in [0.5, 0.6) is 11.5 Å². The number of aromatic nitrogens is 1. The number of nitrogens with zero attached hydrogens (tertiary/aromatic N) is 1. The van der Waals surface area contributed by atoms with Gasteiger partial charge in [0.15, 0.2) is 5.78 Å². The summed E-state index contributed by atoms with van der Waals surface area (Å²) in [6.45, 7) is 12.5. The number of aliphatic hydroxyl groups is 1. The summed E-state index contributed by atoms with van der Waals surface area (Å²) in [5, 5.41) is 14.2. The number of benzene rings is 3. The van der Waals surface area contributed by atoms with Crippen LogP contribution in [0.1, 0.15) is 78.7 Å². The van der Waals surface area contributed by atoms with Gasteiger partial charge >= 0.3 is 0 Å². The van der Waals surface area contributed by atoms with E-state index in [0.29, 0.717) is 5.92 Å². The number of hydrogen-bond acceptors (Lipinski definition) is 4. The van der Waals surface area contributed by atoms with E-state index in [-0.39, 0.29) is 43.5 Å². The second kappa shape index (κ2) is 14.1. The van der Waals surface area contributed by atoms with Gasteiger partial charge in [0.1, 0.15) is 5.75 Å². The largest absolute Gasteiger partial charge is 0.512 e. The van der Waals surface area contributed by atoms with Gasteiger partial charge in [-0.25, -0.2) is 0 Å². The molecule has 0 unspecified atom stereocenters. The summed E-state index contributed by atoms with van der Waals surface area (Å²) < 4.78 is 6.28. The van der Waals surface area contributed by atoms with Gasteiger partial charge in [0.05, 0.1) is 11.5 Å². The first-order valence-electron chi connectivity index (χ1n) is 14.3. The molecule has 1 aromatic heterocycles. The first kappa shape index (κ1) is 31.5. The quantitative estimate of drug-likeness (QED) is 0.0988. The standard InChI is InChI=1S/C22H16NO.C13H24O2.Ir/c1-13(2)17-9-16-7-8-23-22-18-10-14-5-3-4-6-15(14)11-19(18)24-20(12-17)21(16)22;1-5-10(6-2)12(14)9-13(15)11(7-3)8-4;/h3-9,11-13H,1-2H3;9-11,14H,5-8H2,1-4H3;/q-1;;/b;12-9-;. The Hall–Kier alpha value is -3.01. The summed E-state index contributed by atoms with van der Waals surface area (Å²) in [6.07, 6.45) is 6.78. The van der Waals surface area contributed by atoms with Crippen molar-refractivity contribution in [2.24, 2.45) is 11.8 Å². The third kappa shape index (κ3) is 6.65. The van der Waals surface area contributed by atoms with Crippen LogP contribution in [0.25, 0.3) is 32.8 Å². The molecule has 0 amide bonds. The third-order valence-corrected chi connectivity index (χ3v) is 7.81. The zero-order chi connectivity index (χ0) is 28.1. The Morgan fingerprint density at radius 3 is 2.25 bits per heavy atom. The van der Waals surface area contributed by atoms with Gasteiger partial charge in [0, 0.05) is 55.3 Å². The number of aliphatic hydroxyl groups excluding tert-OH is 1. The van der Waals surface area contributed by atoms with E-state index in [1.807, 2.05) is 46.0 Å². The molecule has 0 spiro atoms. The first-order chi connectivity index (χ1) is 18.8. The zero-order valence-electron chi connectivity index (χ0n) is 24.4. The Bertz CT molecular complexity index is 1500. The Labute approximate surface area is 252 Å². The molecule has 5 rings (SSSR count). The number of pyridine rings is 1. The summed E-state index contributed by atoms with van der Waals surface area (Å²) in [6, 6.07) is 20.3. The molecule has 1 aliphatic heterocycles. The first-order valence-corrected chi connectivity index (χ1v) is 14.3. The summed E-state index contributed by atoms with van der Waals surface area (Å²) in [7, 11) is 0. The van der Waals surface area contributed by atoms with Crippen LogP contribution >= 0.6 is 0 Å². The Morgan fingerprint density at radius 1 is 0.925 bits per heavy atom. The summed E-state index contributed by atoms with van der Waals surface area (Å²) in [5.74, 6) is 2.74. The molecule has 2 heterocycles. The molecule has 1 radical (unpaired) electrons. The molecular weight excluding hydrogens is 675 g/mol. The molecule has 0 saturated heterocycles. The molecule has 213 valence electrons. The molecule has 40 heavy (non-hydrogen) atoms. The van der Waals surface area contributed by atoms with Gasteiger partial charge in [-0.05, 0) is 54.7 Å². The van der Waals surface area contributed by atoms with E-state index in [1.165, 1.54) is 17.0 Å². The Morgan fingerprint density at radius 2 is 1.60 bits per heavy atom. The molecule has 3 aromatic carbocycles. The molecule has 0 atom stereocenters. The van der Waals surface area contributed by atoms with Gasteiger partial charge in [-0.1, -0.05) is 82.8 Å². The fourth-order valence-electron chi connectivity index (χ4n) is 5.20. The normalized spacial score (nSPS) is 12.2. The minimum atomic E-state index is 0. The topological polar surface area (TPSA) is 59.4 Å². The molecule has 0 aliphatic carbocycles. The molecule has 5 heteroatoms. The van der Waals surface area contributed by atoms with E-state index in [9.17, 15) is 9.90 Å².